The molecule has 1 aromatic carbocycles. The average molecular weight is 190 g/mol. The summed E-state index contributed by atoms with van der Waals surface area (Å²) in [5, 5.41) is 9.83. The molecule has 1 unspecified atom stereocenters. The van der Waals surface area contributed by atoms with Crippen molar-refractivity contribution in [1.29, 1.82) is 0 Å². The Kier molecular flexibility index (Phi) is 3.48. The number of rotatable bonds is 2. The van der Waals surface area contributed by atoms with E-state index >= 15 is 0 Å². The quantitative estimate of drug-likeness (QED) is 0.709. The van der Waals surface area contributed by atoms with E-state index in [2.05, 4.69) is 13.8 Å². The Hall–Kier alpha value is -1.08. The Morgan fingerprint density at radius 2 is 1.86 bits per heavy atom. The summed E-state index contributed by atoms with van der Waals surface area (Å²) in [6.07, 6.45) is 1.39. The molecule has 0 aliphatic carbocycles. The lowest BCUT2D eigenvalue weighted by Crippen LogP contribution is -1.95. The van der Waals surface area contributed by atoms with Crippen LogP contribution in [0, 0.1) is 13.8 Å². The topological polar surface area (TPSA) is 20.2 Å². The smallest absolute Gasteiger partial charge is 0.0974 e. The number of hydrogen-bond donors (Lipinski definition) is 1. The third-order valence-corrected chi connectivity index (χ3v) is 2.36. The van der Waals surface area contributed by atoms with Crippen LogP contribution in [0.15, 0.2) is 29.8 Å². The Bertz CT molecular complexity index is 346. The maximum atomic E-state index is 9.83. The second-order valence-corrected chi connectivity index (χ2v) is 4.03. The first-order valence-corrected chi connectivity index (χ1v) is 4.91. The van der Waals surface area contributed by atoms with E-state index in [4.69, 9.17) is 0 Å². The van der Waals surface area contributed by atoms with Gasteiger partial charge in [-0.05, 0) is 44.4 Å². The molecule has 0 aromatic heterocycles. The first kappa shape index (κ1) is 11.0. The van der Waals surface area contributed by atoms with Crippen molar-refractivity contribution in [2.24, 2.45) is 0 Å². The first-order valence-electron chi connectivity index (χ1n) is 4.91. The van der Waals surface area contributed by atoms with Gasteiger partial charge in [0.25, 0.3) is 0 Å². The van der Waals surface area contributed by atoms with Gasteiger partial charge in [-0.2, -0.15) is 0 Å². The van der Waals surface area contributed by atoms with E-state index in [9.17, 15) is 5.11 Å². The molecule has 0 saturated heterocycles. The predicted octanol–water partition coefficient (Wildman–Crippen LogP) is 3.30. The third kappa shape index (κ3) is 2.71. The lowest BCUT2D eigenvalue weighted by molar-refractivity contribution is 0.227. The van der Waals surface area contributed by atoms with E-state index < -0.39 is 6.10 Å². The summed E-state index contributed by atoms with van der Waals surface area (Å²) in [5.74, 6) is 0. The SMILES string of the molecule is CC(C)=CC(O)c1ccc(C)c(C)c1. The molecule has 1 nitrogen and oxygen atoms in total. The lowest BCUT2D eigenvalue weighted by Gasteiger charge is -2.09. The molecule has 0 aliphatic heterocycles. The van der Waals surface area contributed by atoms with Crippen LogP contribution in [0.1, 0.15) is 36.6 Å². The minimum atomic E-state index is -0.473. The molecule has 0 aliphatic rings. The third-order valence-electron chi connectivity index (χ3n) is 2.36. The van der Waals surface area contributed by atoms with E-state index in [1.54, 1.807) is 0 Å². The molecule has 0 radical (unpaired) electrons. The molecule has 1 aromatic rings. The van der Waals surface area contributed by atoms with Crippen molar-refractivity contribution < 1.29 is 5.11 Å². The van der Waals surface area contributed by atoms with Gasteiger partial charge in [0.05, 0.1) is 6.10 Å². The van der Waals surface area contributed by atoms with Crippen molar-refractivity contribution in [3.8, 4) is 0 Å². The maximum absolute atomic E-state index is 9.83. The van der Waals surface area contributed by atoms with Crippen LogP contribution in [0.4, 0.5) is 0 Å². The Balaban J connectivity index is 2.97. The monoisotopic (exact) mass is 190 g/mol. The van der Waals surface area contributed by atoms with Crippen LogP contribution in [-0.4, -0.2) is 5.11 Å². The molecule has 0 bridgehead atoms. The maximum Gasteiger partial charge on any atom is 0.0974 e. The van der Waals surface area contributed by atoms with Crippen molar-refractivity contribution in [2.75, 3.05) is 0 Å². The fraction of sp³-hybridized carbons (Fsp3) is 0.385. The molecule has 1 heteroatoms. The van der Waals surface area contributed by atoms with Gasteiger partial charge in [0.2, 0.25) is 0 Å². The van der Waals surface area contributed by atoms with Gasteiger partial charge in [-0.25, -0.2) is 0 Å². The normalized spacial score (nSPS) is 12.4. The molecule has 0 spiro atoms. The van der Waals surface area contributed by atoms with E-state index in [0.29, 0.717) is 0 Å². The van der Waals surface area contributed by atoms with Crippen molar-refractivity contribution in [3.63, 3.8) is 0 Å². The zero-order valence-electron chi connectivity index (χ0n) is 9.33. The van der Waals surface area contributed by atoms with Gasteiger partial charge in [0, 0.05) is 0 Å². The van der Waals surface area contributed by atoms with Crippen molar-refractivity contribution in [1.82, 2.24) is 0 Å². The average Bonchev–Trinajstić information content (AvgIpc) is 2.08. The van der Waals surface area contributed by atoms with Gasteiger partial charge < -0.3 is 5.11 Å². The molecule has 1 rings (SSSR count). The molecule has 14 heavy (non-hydrogen) atoms. The summed E-state index contributed by atoms with van der Waals surface area (Å²) in [6.45, 7) is 8.12. The summed E-state index contributed by atoms with van der Waals surface area (Å²) in [5.41, 5.74) is 4.59. The summed E-state index contributed by atoms with van der Waals surface area (Å²) in [7, 11) is 0. The largest absolute Gasteiger partial charge is 0.384 e. The van der Waals surface area contributed by atoms with Gasteiger partial charge in [-0.3, -0.25) is 0 Å². The van der Waals surface area contributed by atoms with Gasteiger partial charge in [0.15, 0.2) is 0 Å². The van der Waals surface area contributed by atoms with Crippen LogP contribution in [0.5, 0.6) is 0 Å². The molecule has 0 fully saturated rings. The van der Waals surface area contributed by atoms with Crippen LogP contribution in [-0.2, 0) is 0 Å². The predicted molar refractivity (Wildman–Crippen MR) is 60.3 cm³/mol. The van der Waals surface area contributed by atoms with Crippen LogP contribution < -0.4 is 0 Å². The number of aliphatic hydroxyl groups is 1. The van der Waals surface area contributed by atoms with Crippen molar-refractivity contribution in [3.05, 3.63) is 46.5 Å². The molecule has 0 amide bonds. The second-order valence-electron chi connectivity index (χ2n) is 4.03. The standard InChI is InChI=1S/C13H18O/c1-9(2)7-13(14)12-6-5-10(3)11(4)8-12/h5-8,13-14H,1-4H3. The summed E-state index contributed by atoms with van der Waals surface area (Å²) >= 11 is 0. The zero-order valence-corrected chi connectivity index (χ0v) is 9.33. The second kappa shape index (κ2) is 4.43. The number of aryl methyl sites for hydroxylation is 2. The molecular weight excluding hydrogens is 172 g/mol. The number of benzene rings is 1. The van der Waals surface area contributed by atoms with Crippen molar-refractivity contribution >= 4 is 0 Å². The van der Waals surface area contributed by atoms with E-state index in [-0.39, 0.29) is 0 Å². The molecule has 76 valence electrons. The Morgan fingerprint density at radius 3 is 2.36 bits per heavy atom. The highest BCUT2D eigenvalue weighted by molar-refractivity contribution is 5.32. The minimum Gasteiger partial charge on any atom is -0.384 e. The van der Waals surface area contributed by atoms with Crippen LogP contribution in [0.25, 0.3) is 0 Å². The number of aliphatic hydroxyl groups excluding tert-OH is 1. The summed E-state index contributed by atoms with van der Waals surface area (Å²) < 4.78 is 0. The van der Waals surface area contributed by atoms with E-state index in [0.717, 1.165) is 11.1 Å². The number of allylic oxidation sites excluding steroid dienone is 1. The van der Waals surface area contributed by atoms with Gasteiger partial charge in [-0.15, -0.1) is 0 Å². The van der Waals surface area contributed by atoms with Crippen LogP contribution in [0.2, 0.25) is 0 Å². The van der Waals surface area contributed by atoms with Gasteiger partial charge in [0.1, 0.15) is 0 Å². The fourth-order valence-corrected chi connectivity index (χ4v) is 1.36. The Labute approximate surface area is 86.1 Å². The van der Waals surface area contributed by atoms with Crippen LogP contribution in [0.3, 0.4) is 0 Å². The highest BCUT2D eigenvalue weighted by atomic mass is 16.3. The summed E-state index contributed by atoms with van der Waals surface area (Å²) in [6, 6.07) is 6.07. The highest BCUT2D eigenvalue weighted by Crippen LogP contribution is 2.18. The van der Waals surface area contributed by atoms with Crippen LogP contribution >= 0.6 is 0 Å². The van der Waals surface area contributed by atoms with Crippen molar-refractivity contribution in [2.45, 2.75) is 33.8 Å². The molecule has 0 saturated carbocycles. The fourth-order valence-electron chi connectivity index (χ4n) is 1.36. The number of hydrogen-bond acceptors (Lipinski definition) is 1. The molecule has 1 atom stereocenters. The molecule has 0 heterocycles. The summed E-state index contributed by atoms with van der Waals surface area (Å²) in [4.78, 5) is 0. The zero-order chi connectivity index (χ0) is 10.7. The molecule has 1 N–H and O–H groups in total. The van der Waals surface area contributed by atoms with Gasteiger partial charge in [-0.1, -0.05) is 29.8 Å². The van der Waals surface area contributed by atoms with Gasteiger partial charge >= 0.3 is 0 Å². The molecular formula is C13H18O. The van der Waals surface area contributed by atoms with E-state index in [1.807, 2.05) is 38.1 Å². The highest BCUT2D eigenvalue weighted by Gasteiger charge is 2.04. The minimum absolute atomic E-state index is 0.473. The lowest BCUT2D eigenvalue weighted by atomic mass is 10.0. The first-order chi connectivity index (χ1) is 6.50. The Morgan fingerprint density at radius 1 is 1.21 bits per heavy atom. The van der Waals surface area contributed by atoms with E-state index in [1.165, 1.54) is 11.1 Å².